The minimum atomic E-state index is -0.818. The second-order valence-electron chi connectivity index (χ2n) is 5.41. The van der Waals surface area contributed by atoms with Gasteiger partial charge in [-0.1, -0.05) is 15.9 Å². The number of halogens is 3. The third-order valence-corrected chi connectivity index (χ3v) is 4.13. The Labute approximate surface area is 149 Å². The van der Waals surface area contributed by atoms with Crippen molar-refractivity contribution < 1.29 is 23.2 Å². The van der Waals surface area contributed by atoms with E-state index in [0.717, 1.165) is 17.0 Å². The van der Waals surface area contributed by atoms with E-state index in [1.807, 2.05) is 0 Å². The number of anilines is 1. The van der Waals surface area contributed by atoms with E-state index in [0.29, 0.717) is 10.5 Å². The van der Waals surface area contributed by atoms with Crippen LogP contribution in [-0.4, -0.2) is 29.2 Å². The molecule has 0 unspecified atom stereocenters. The van der Waals surface area contributed by atoms with Crippen molar-refractivity contribution in [2.24, 2.45) is 0 Å². The van der Waals surface area contributed by atoms with E-state index in [4.69, 9.17) is 0 Å². The zero-order valence-electron chi connectivity index (χ0n) is 12.7. The fraction of sp³-hybridized carbons (Fsp3) is 0.118. The molecule has 1 N–H and O–H groups in total. The van der Waals surface area contributed by atoms with Gasteiger partial charge >= 0.3 is 0 Å². The molecule has 2 aromatic carbocycles. The van der Waals surface area contributed by atoms with Crippen LogP contribution in [0.4, 0.5) is 14.5 Å². The standard InChI is InChI=1S/C17H11BrF2N2O3/c18-9-1-2-13-14(5-9)17(25)22(16(13)24)4-3-15(23)21-12-7-10(19)6-11(20)8-12/h1-2,5-8H,3-4H2,(H,21,23). The average Bonchev–Trinajstić information content (AvgIpc) is 2.75. The van der Waals surface area contributed by atoms with Crippen molar-refractivity contribution in [2.45, 2.75) is 6.42 Å². The van der Waals surface area contributed by atoms with Crippen LogP contribution in [0, 0.1) is 11.6 Å². The highest BCUT2D eigenvalue weighted by Gasteiger charge is 2.35. The van der Waals surface area contributed by atoms with Gasteiger partial charge in [-0.15, -0.1) is 0 Å². The minimum absolute atomic E-state index is 0.0335. The summed E-state index contributed by atoms with van der Waals surface area (Å²) in [7, 11) is 0. The molecule has 0 atom stereocenters. The second-order valence-corrected chi connectivity index (χ2v) is 6.32. The largest absolute Gasteiger partial charge is 0.326 e. The van der Waals surface area contributed by atoms with Crippen molar-refractivity contribution in [3.63, 3.8) is 0 Å². The van der Waals surface area contributed by atoms with Crippen LogP contribution < -0.4 is 5.32 Å². The molecule has 0 spiro atoms. The van der Waals surface area contributed by atoms with E-state index >= 15 is 0 Å². The number of rotatable bonds is 4. The van der Waals surface area contributed by atoms with Crippen molar-refractivity contribution in [3.05, 3.63) is 63.6 Å². The van der Waals surface area contributed by atoms with Gasteiger partial charge in [-0.05, 0) is 30.3 Å². The van der Waals surface area contributed by atoms with Crippen molar-refractivity contribution in [1.82, 2.24) is 4.90 Å². The quantitative estimate of drug-likeness (QED) is 0.788. The lowest BCUT2D eigenvalue weighted by Gasteiger charge is -2.13. The Morgan fingerprint density at radius 3 is 2.32 bits per heavy atom. The van der Waals surface area contributed by atoms with Crippen LogP contribution in [0.5, 0.6) is 0 Å². The van der Waals surface area contributed by atoms with Crippen LogP contribution in [0.2, 0.25) is 0 Å². The molecule has 0 radical (unpaired) electrons. The van der Waals surface area contributed by atoms with Gasteiger partial charge in [0.15, 0.2) is 0 Å². The normalized spacial score (nSPS) is 13.2. The Hall–Kier alpha value is -2.61. The van der Waals surface area contributed by atoms with Gasteiger partial charge in [-0.2, -0.15) is 0 Å². The van der Waals surface area contributed by atoms with Crippen molar-refractivity contribution in [1.29, 1.82) is 0 Å². The van der Waals surface area contributed by atoms with Gasteiger partial charge in [0.2, 0.25) is 5.91 Å². The molecule has 5 nitrogen and oxygen atoms in total. The van der Waals surface area contributed by atoms with Crippen LogP contribution in [-0.2, 0) is 4.79 Å². The summed E-state index contributed by atoms with van der Waals surface area (Å²) in [6.07, 6.45) is -0.190. The fourth-order valence-electron chi connectivity index (χ4n) is 2.53. The third-order valence-electron chi connectivity index (χ3n) is 3.64. The van der Waals surface area contributed by atoms with E-state index in [9.17, 15) is 23.2 Å². The molecule has 3 rings (SSSR count). The molecule has 0 saturated heterocycles. The van der Waals surface area contributed by atoms with E-state index in [1.165, 1.54) is 6.07 Å². The van der Waals surface area contributed by atoms with Crippen molar-refractivity contribution >= 4 is 39.3 Å². The summed E-state index contributed by atoms with van der Waals surface area (Å²) in [6, 6.07) is 7.37. The number of imide groups is 1. The zero-order chi connectivity index (χ0) is 18.1. The Balaban J connectivity index is 1.65. The molecule has 3 amide bonds. The number of carbonyl (C=O) groups is 3. The van der Waals surface area contributed by atoms with Gasteiger partial charge < -0.3 is 5.32 Å². The lowest BCUT2D eigenvalue weighted by molar-refractivity contribution is -0.116. The number of carbonyl (C=O) groups excluding carboxylic acids is 3. The number of hydrogen-bond donors (Lipinski definition) is 1. The number of amides is 3. The number of hydrogen-bond acceptors (Lipinski definition) is 3. The molecule has 1 heterocycles. The molecular weight excluding hydrogens is 398 g/mol. The summed E-state index contributed by atoms with van der Waals surface area (Å²) in [5.41, 5.74) is 0.515. The first kappa shape index (κ1) is 17.2. The highest BCUT2D eigenvalue weighted by molar-refractivity contribution is 9.10. The summed E-state index contributed by atoms with van der Waals surface area (Å²) in [5.74, 6) is -3.16. The van der Waals surface area contributed by atoms with E-state index in [1.54, 1.807) is 12.1 Å². The first-order valence-electron chi connectivity index (χ1n) is 7.27. The topological polar surface area (TPSA) is 66.5 Å². The van der Waals surface area contributed by atoms with E-state index in [2.05, 4.69) is 21.2 Å². The molecule has 0 bridgehead atoms. The van der Waals surface area contributed by atoms with E-state index in [-0.39, 0.29) is 29.8 Å². The molecule has 8 heteroatoms. The Morgan fingerprint density at radius 2 is 1.64 bits per heavy atom. The maximum Gasteiger partial charge on any atom is 0.261 e. The zero-order valence-corrected chi connectivity index (χ0v) is 14.3. The number of fused-ring (bicyclic) bond motifs is 1. The summed E-state index contributed by atoms with van der Waals surface area (Å²) < 4.78 is 26.9. The monoisotopic (exact) mass is 408 g/mol. The lowest BCUT2D eigenvalue weighted by atomic mass is 10.1. The second kappa shape index (κ2) is 6.72. The molecule has 25 heavy (non-hydrogen) atoms. The molecular formula is C17H11BrF2N2O3. The van der Waals surface area contributed by atoms with E-state index < -0.39 is 29.4 Å². The average molecular weight is 409 g/mol. The summed E-state index contributed by atoms with van der Waals surface area (Å²) in [4.78, 5) is 37.4. The first-order valence-corrected chi connectivity index (χ1v) is 8.06. The highest BCUT2D eigenvalue weighted by atomic mass is 79.9. The molecule has 2 aromatic rings. The van der Waals surface area contributed by atoms with Crippen LogP contribution >= 0.6 is 15.9 Å². The van der Waals surface area contributed by atoms with Crippen molar-refractivity contribution in [2.75, 3.05) is 11.9 Å². The van der Waals surface area contributed by atoms with Gasteiger partial charge in [-0.25, -0.2) is 8.78 Å². The minimum Gasteiger partial charge on any atom is -0.326 e. The highest BCUT2D eigenvalue weighted by Crippen LogP contribution is 2.26. The fourth-order valence-corrected chi connectivity index (χ4v) is 2.89. The first-order chi connectivity index (χ1) is 11.8. The smallest absolute Gasteiger partial charge is 0.261 e. The third kappa shape index (κ3) is 3.58. The number of nitrogens with one attached hydrogen (secondary N) is 1. The molecule has 0 aliphatic carbocycles. The van der Waals surface area contributed by atoms with Gasteiger partial charge in [0.05, 0.1) is 11.1 Å². The van der Waals surface area contributed by atoms with Crippen molar-refractivity contribution in [3.8, 4) is 0 Å². The van der Waals surface area contributed by atoms with Crippen LogP contribution in [0.3, 0.4) is 0 Å². The summed E-state index contributed by atoms with van der Waals surface area (Å²) >= 11 is 3.24. The van der Waals surface area contributed by atoms with Crippen LogP contribution in [0.1, 0.15) is 27.1 Å². The molecule has 0 saturated carbocycles. The maximum atomic E-state index is 13.1. The lowest BCUT2D eigenvalue weighted by Crippen LogP contribution is -2.32. The summed E-state index contributed by atoms with van der Waals surface area (Å²) in [6.45, 7) is -0.131. The molecule has 128 valence electrons. The Kier molecular flexibility index (Phi) is 4.63. The van der Waals surface area contributed by atoms with Gasteiger partial charge in [0.25, 0.3) is 11.8 Å². The van der Waals surface area contributed by atoms with Crippen LogP contribution in [0.15, 0.2) is 40.9 Å². The molecule has 1 aliphatic heterocycles. The number of benzene rings is 2. The maximum absolute atomic E-state index is 13.1. The SMILES string of the molecule is O=C(CCN1C(=O)c2ccc(Br)cc2C1=O)Nc1cc(F)cc(F)c1. The molecule has 1 aliphatic rings. The summed E-state index contributed by atoms with van der Waals surface area (Å²) in [5, 5.41) is 2.33. The molecule has 0 aromatic heterocycles. The Bertz CT molecular complexity index is 881. The van der Waals surface area contributed by atoms with Crippen LogP contribution in [0.25, 0.3) is 0 Å². The van der Waals surface area contributed by atoms with Gasteiger partial charge in [-0.3, -0.25) is 19.3 Å². The molecule has 0 fully saturated rings. The predicted octanol–water partition coefficient (Wildman–Crippen LogP) is 3.35. The van der Waals surface area contributed by atoms with Gasteiger partial charge in [0.1, 0.15) is 11.6 Å². The predicted molar refractivity (Wildman–Crippen MR) is 89.1 cm³/mol. The Morgan fingerprint density at radius 1 is 1.00 bits per heavy atom. The van der Waals surface area contributed by atoms with Gasteiger partial charge in [0, 0.05) is 29.2 Å². The number of nitrogens with zero attached hydrogens (tertiary/aromatic N) is 1.